The molecule has 2 aromatic rings. The van der Waals surface area contributed by atoms with Crippen molar-refractivity contribution in [2.24, 2.45) is 0 Å². The van der Waals surface area contributed by atoms with Gasteiger partial charge in [-0.05, 0) is 12.8 Å². The molecule has 1 unspecified atom stereocenters. The summed E-state index contributed by atoms with van der Waals surface area (Å²) in [7, 11) is 0. The van der Waals surface area contributed by atoms with Crippen molar-refractivity contribution in [1.82, 2.24) is 0 Å². The average molecular weight is 410 g/mol. The van der Waals surface area contributed by atoms with E-state index in [9.17, 15) is 14.7 Å². The van der Waals surface area contributed by atoms with Crippen LogP contribution in [0.4, 0.5) is 0 Å². The van der Waals surface area contributed by atoms with Crippen LogP contribution in [0.2, 0.25) is 0 Å². The van der Waals surface area contributed by atoms with Crippen LogP contribution in [-0.2, 0) is 0 Å². The maximum Gasteiger partial charge on any atom is 0.198 e. The molecule has 1 aliphatic heterocycles. The number of ether oxygens (including phenoxy) is 3. The first kappa shape index (κ1) is 20.4. The van der Waals surface area contributed by atoms with Gasteiger partial charge in [0.05, 0.1) is 29.9 Å². The molecule has 0 amide bonds. The first-order valence-corrected chi connectivity index (χ1v) is 10.6. The van der Waals surface area contributed by atoms with Crippen molar-refractivity contribution >= 4 is 11.6 Å². The zero-order valence-electron chi connectivity index (χ0n) is 17.3. The predicted molar refractivity (Wildman–Crippen MR) is 111 cm³/mol. The third kappa shape index (κ3) is 3.25. The fourth-order valence-corrected chi connectivity index (χ4v) is 3.90. The molecule has 2 aromatic carbocycles. The Morgan fingerprint density at radius 3 is 2.03 bits per heavy atom. The lowest BCUT2D eigenvalue weighted by Crippen LogP contribution is -2.24. The van der Waals surface area contributed by atoms with Gasteiger partial charge in [0.2, 0.25) is 0 Å². The molecule has 0 aromatic heterocycles. The molecule has 1 N–H and O–H groups in total. The molecule has 6 nitrogen and oxygen atoms in total. The van der Waals surface area contributed by atoms with Crippen LogP contribution >= 0.6 is 0 Å². The van der Waals surface area contributed by atoms with E-state index < -0.39 is 6.10 Å². The highest BCUT2D eigenvalue weighted by atomic mass is 16.5. The van der Waals surface area contributed by atoms with Crippen LogP contribution in [0.3, 0.4) is 0 Å². The number of ketones is 2. The van der Waals surface area contributed by atoms with Gasteiger partial charge < -0.3 is 19.3 Å². The molecule has 1 atom stereocenters. The highest BCUT2D eigenvalue weighted by Gasteiger charge is 2.43. The Morgan fingerprint density at radius 1 is 0.933 bits per heavy atom. The zero-order chi connectivity index (χ0) is 21.3. The van der Waals surface area contributed by atoms with E-state index >= 15 is 0 Å². The van der Waals surface area contributed by atoms with E-state index in [1.807, 2.05) is 13.8 Å². The van der Waals surface area contributed by atoms with E-state index in [-0.39, 0.29) is 40.8 Å². The molecule has 1 aliphatic carbocycles. The molecule has 2 aliphatic rings. The molecule has 6 heteroatoms. The van der Waals surface area contributed by atoms with Gasteiger partial charge in [0, 0.05) is 11.1 Å². The number of aliphatic hydroxyl groups is 1. The third-order valence-corrected chi connectivity index (χ3v) is 5.48. The highest BCUT2D eigenvalue weighted by Crippen LogP contribution is 2.53. The van der Waals surface area contributed by atoms with Crippen LogP contribution in [0.15, 0.2) is 24.3 Å². The van der Waals surface area contributed by atoms with Crippen LogP contribution in [0.1, 0.15) is 83.0 Å². The Morgan fingerprint density at radius 2 is 1.47 bits per heavy atom. The number of rotatable bonds is 8. The fourth-order valence-electron chi connectivity index (χ4n) is 3.90. The Bertz CT molecular complexity index is 994. The predicted octanol–water partition coefficient (Wildman–Crippen LogP) is 4.25. The number of hydrogen-bond donors (Lipinski definition) is 1. The minimum atomic E-state index is -0.949. The first-order chi connectivity index (χ1) is 14.6. The third-order valence-electron chi connectivity index (χ3n) is 5.48. The lowest BCUT2D eigenvalue weighted by Gasteiger charge is -2.25. The van der Waals surface area contributed by atoms with Crippen molar-refractivity contribution in [2.75, 3.05) is 19.8 Å². The number of fused-ring (bicyclic) bond motifs is 3. The molecule has 0 radical (unpaired) electrons. The molecule has 0 saturated heterocycles. The van der Waals surface area contributed by atoms with Gasteiger partial charge in [-0.1, -0.05) is 51.0 Å². The van der Waals surface area contributed by atoms with Gasteiger partial charge in [-0.15, -0.1) is 0 Å². The molecule has 0 spiro atoms. The van der Waals surface area contributed by atoms with Crippen molar-refractivity contribution in [3.63, 3.8) is 0 Å². The monoisotopic (exact) mass is 410 g/mol. The Hall–Kier alpha value is -2.86. The number of benzene rings is 2. The summed E-state index contributed by atoms with van der Waals surface area (Å²) in [6.45, 7) is 4.87. The lowest BCUT2D eigenvalue weighted by atomic mass is 9.81. The van der Waals surface area contributed by atoms with Gasteiger partial charge in [0.25, 0.3) is 0 Å². The van der Waals surface area contributed by atoms with Gasteiger partial charge in [-0.3, -0.25) is 9.59 Å². The first-order valence-electron chi connectivity index (χ1n) is 10.6. The SMILES string of the molecule is CCCCOc1c2c(c(OCCCC)c3c1C(=O)c1ccccc1C3=O)C(O)CO2. The van der Waals surface area contributed by atoms with Gasteiger partial charge in [0.1, 0.15) is 18.5 Å². The van der Waals surface area contributed by atoms with Crippen LogP contribution in [0, 0.1) is 0 Å². The van der Waals surface area contributed by atoms with Crippen LogP contribution in [0.5, 0.6) is 17.2 Å². The highest BCUT2D eigenvalue weighted by molar-refractivity contribution is 6.30. The van der Waals surface area contributed by atoms with Crippen LogP contribution < -0.4 is 14.2 Å². The largest absolute Gasteiger partial charge is 0.492 e. The average Bonchev–Trinajstić information content (AvgIpc) is 3.14. The maximum atomic E-state index is 13.5. The lowest BCUT2D eigenvalue weighted by molar-refractivity contribution is 0.0970. The van der Waals surface area contributed by atoms with Crippen LogP contribution in [-0.4, -0.2) is 36.5 Å². The van der Waals surface area contributed by atoms with Gasteiger partial charge in [-0.25, -0.2) is 0 Å². The van der Waals surface area contributed by atoms with Crippen molar-refractivity contribution in [1.29, 1.82) is 0 Å². The molecular weight excluding hydrogens is 384 g/mol. The molecular formula is C24H26O6. The number of aliphatic hydroxyl groups excluding tert-OH is 1. The summed E-state index contributed by atoms with van der Waals surface area (Å²) in [6, 6.07) is 6.76. The van der Waals surface area contributed by atoms with E-state index in [0.717, 1.165) is 25.7 Å². The quantitative estimate of drug-likeness (QED) is 0.559. The summed E-state index contributed by atoms with van der Waals surface area (Å²) >= 11 is 0. The smallest absolute Gasteiger partial charge is 0.198 e. The molecule has 0 bridgehead atoms. The second-order valence-corrected chi connectivity index (χ2v) is 7.59. The van der Waals surface area contributed by atoms with Crippen molar-refractivity contribution in [3.8, 4) is 17.2 Å². The minimum Gasteiger partial charge on any atom is -0.492 e. The summed E-state index contributed by atoms with van der Waals surface area (Å²) in [5, 5.41) is 10.6. The number of unbranched alkanes of at least 4 members (excludes halogenated alkanes) is 2. The second-order valence-electron chi connectivity index (χ2n) is 7.59. The summed E-state index contributed by atoms with van der Waals surface area (Å²) in [4.78, 5) is 27.0. The normalized spacial score (nSPS) is 16.6. The van der Waals surface area contributed by atoms with Gasteiger partial charge in [0.15, 0.2) is 23.1 Å². The standard InChI is InChI=1S/C24H26O6/c1-3-5-11-28-22-17-16(25)13-30-23(17)24(29-12-6-4-2)19-18(22)20(26)14-9-7-8-10-15(14)21(19)27/h7-10,16,25H,3-6,11-13H2,1-2H3. The van der Waals surface area contributed by atoms with Crippen molar-refractivity contribution in [3.05, 3.63) is 52.1 Å². The molecule has 158 valence electrons. The Kier molecular flexibility index (Phi) is 5.77. The molecule has 30 heavy (non-hydrogen) atoms. The van der Waals surface area contributed by atoms with E-state index in [1.165, 1.54) is 0 Å². The van der Waals surface area contributed by atoms with E-state index in [2.05, 4.69) is 0 Å². The molecule has 0 saturated carbocycles. The minimum absolute atomic E-state index is 0.0296. The van der Waals surface area contributed by atoms with Gasteiger partial charge >= 0.3 is 0 Å². The summed E-state index contributed by atoms with van der Waals surface area (Å²) in [5.74, 6) is 0.202. The van der Waals surface area contributed by atoms with E-state index in [1.54, 1.807) is 24.3 Å². The Labute approximate surface area is 175 Å². The second kappa shape index (κ2) is 8.48. The van der Waals surface area contributed by atoms with Crippen molar-refractivity contribution < 1.29 is 28.9 Å². The zero-order valence-corrected chi connectivity index (χ0v) is 17.3. The number of carbonyl (C=O) groups excluding carboxylic acids is 2. The van der Waals surface area contributed by atoms with Gasteiger partial charge in [-0.2, -0.15) is 0 Å². The Balaban J connectivity index is 1.96. The molecule has 0 fully saturated rings. The van der Waals surface area contributed by atoms with Crippen molar-refractivity contribution in [2.45, 2.75) is 45.6 Å². The summed E-state index contributed by atoms with van der Waals surface area (Å²) in [6.07, 6.45) is 2.46. The van der Waals surface area contributed by atoms with E-state index in [0.29, 0.717) is 35.7 Å². The molecule has 4 rings (SSSR count). The topological polar surface area (TPSA) is 82.1 Å². The molecule has 1 heterocycles. The van der Waals surface area contributed by atoms with Crippen LogP contribution in [0.25, 0.3) is 0 Å². The number of hydrogen-bond acceptors (Lipinski definition) is 6. The fraction of sp³-hybridized carbons (Fsp3) is 0.417. The number of carbonyl (C=O) groups is 2. The summed E-state index contributed by atoms with van der Waals surface area (Å²) in [5.41, 5.74) is 1.42. The summed E-state index contributed by atoms with van der Waals surface area (Å²) < 4.78 is 17.7. The van der Waals surface area contributed by atoms with E-state index in [4.69, 9.17) is 14.2 Å². The maximum absolute atomic E-state index is 13.5.